The van der Waals surface area contributed by atoms with Crippen LogP contribution in [0.5, 0.6) is 0 Å². The molecule has 2 amide bonds. The standard InChI is InChI=1S/C12H9F3N2O3/c1-2-3-17(6-10(18)19)12(20)16-9-5-7(13)4-8(14)11(9)15/h1,4-5H,3,6H2,(H,16,20)(H,18,19). The fourth-order valence-corrected chi connectivity index (χ4v) is 1.31. The highest BCUT2D eigenvalue weighted by Crippen LogP contribution is 2.19. The molecule has 0 saturated carbocycles. The number of carbonyl (C=O) groups excluding carboxylic acids is 1. The number of hydrogen-bond acceptors (Lipinski definition) is 2. The van der Waals surface area contributed by atoms with E-state index in [1.54, 1.807) is 0 Å². The maximum absolute atomic E-state index is 13.3. The number of rotatable bonds is 4. The zero-order valence-corrected chi connectivity index (χ0v) is 9.99. The molecule has 1 aromatic rings. The van der Waals surface area contributed by atoms with Crippen molar-refractivity contribution >= 4 is 17.7 Å². The van der Waals surface area contributed by atoms with Crippen LogP contribution >= 0.6 is 0 Å². The lowest BCUT2D eigenvalue weighted by Gasteiger charge is -2.18. The zero-order chi connectivity index (χ0) is 15.3. The first kappa shape index (κ1) is 15.4. The first-order chi connectivity index (χ1) is 9.35. The van der Waals surface area contributed by atoms with Crippen molar-refractivity contribution < 1.29 is 27.9 Å². The van der Waals surface area contributed by atoms with E-state index in [-0.39, 0.29) is 6.54 Å². The number of nitrogens with one attached hydrogen (secondary N) is 1. The maximum Gasteiger partial charge on any atom is 0.323 e. The van der Waals surface area contributed by atoms with E-state index in [0.29, 0.717) is 17.0 Å². The van der Waals surface area contributed by atoms with Gasteiger partial charge < -0.3 is 15.3 Å². The normalized spacial score (nSPS) is 9.70. The molecule has 0 aromatic heterocycles. The molecule has 8 heteroatoms. The van der Waals surface area contributed by atoms with Gasteiger partial charge in [-0.2, -0.15) is 0 Å². The molecule has 0 aliphatic heterocycles. The van der Waals surface area contributed by atoms with Crippen molar-refractivity contribution in [2.75, 3.05) is 18.4 Å². The summed E-state index contributed by atoms with van der Waals surface area (Å²) >= 11 is 0. The average molecular weight is 286 g/mol. The van der Waals surface area contributed by atoms with E-state index >= 15 is 0 Å². The third-order valence-corrected chi connectivity index (χ3v) is 2.13. The molecule has 0 heterocycles. The highest BCUT2D eigenvalue weighted by Gasteiger charge is 2.19. The minimum absolute atomic E-state index is 0.307. The van der Waals surface area contributed by atoms with Gasteiger partial charge in [-0.15, -0.1) is 6.42 Å². The molecule has 0 saturated heterocycles. The molecule has 1 rings (SSSR count). The molecule has 5 nitrogen and oxygen atoms in total. The van der Waals surface area contributed by atoms with Gasteiger partial charge in [-0.25, -0.2) is 18.0 Å². The van der Waals surface area contributed by atoms with Gasteiger partial charge >= 0.3 is 12.0 Å². The van der Waals surface area contributed by atoms with Crippen LogP contribution in [-0.4, -0.2) is 35.1 Å². The summed E-state index contributed by atoms with van der Waals surface area (Å²) in [5.74, 6) is -3.35. The Labute approximate surface area is 112 Å². The number of benzene rings is 1. The number of aliphatic carboxylic acids is 1. The summed E-state index contributed by atoms with van der Waals surface area (Å²) in [6, 6.07) is -0.221. The topological polar surface area (TPSA) is 69.6 Å². The Bertz CT molecular complexity index is 584. The monoisotopic (exact) mass is 286 g/mol. The van der Waals surface area contributed by atoms with Crippen molar-refractivity contribution in [3.05, 3.63) is 29.6 Å². The number of halogens is 3. The number of terminal acetylenes is 1. The summed E-state index contributed by atoms with van der Waals surface area (Å²) in [5.41, 5.74) is -0.750. The maximum atomic E-state index is 13.3. The molecule has 20 heavy (non-hydrogen) atoms. The van der Waals surface area contributed by atoms with E-state index in [1.165, 1.54) is 0 Å². The summed E-state index contributed by atoms with van der Waals surface area (Å²) in [6.45, 7) is -1.10. The Morgan fingerprint density at radius 2 is 2.00 bits per heavy atom. The van der Waals surface area contributed by atoms with Crippen molar-refractivity contribution in [2.24, 2.45) is 0 Å². The summed E-state index contributed by atoms with van der Waals surface area (Å²) in [7, 11) is 0. The Balaban J connectivity index is 2.93. The van der Waals surface area contributed by atoms with Crippen LogP contribution in [-0.2, 0) is 4.79 Å². The van der Waals surface area contributed by atoms with Crippen molar-refractivity contribution in [1.82, 2.24) is 4.90 Å². The third kappa shape index (κ3) is 3.91. The van der Waals surface area contributed by atoms with Gasteiger partial charge in [0.25, 0.3) is 0 Å². The van der Waals surface area contributed by atoms with Crippen molar-refractivity contribution in [2.45, 2.75) is 0 Å². The van der Waals surface area contributed by atoms with Gasteiger partial charge in [0.1, 0.15) is 12.4 Å². The van der Waals surface area contributed by atoms with Crippen molar-refractivity contribution in [3.63, 3.8) is 0 Å². The van der Waals surface area contributed by atoms with Gasteiger partial charge in [0.2, 0.25) is 0 Å². The van der Waals surface area contributed by atoms with Gasteiger partial charge in [-0.1, -0.05) is 5.92 Å². The molecule has 2 N–H and O–H groups in total. The van der Waals surface area contributed by atoms with Crippen LogP contribution in [0.3, 0.4) is 0 Å². The number of carbonyl (C=O) groups is 2. The molecule has 106 valence electrons. The van der Waals surface area contributed by atoms with E-state index in [1.807, 2.05) is 11.2 Å². The molecule has 0 unspecified atom stereocenters. The van der Waals surface area contributed by atoms with E-state index in [9.17, 15) is 22.8 Å². The number of carboxylic acid groups (broad SMARTS) is 1. The van der Waals surface area contributed by atoms with Crippen LogP contribution in [0.2, 0.25) is 0 Å². The second-order valence-electron chi connectivity index (χ2n) is 3.63. The first-order valence-electron chi connectivity index (χ1n) is 5.21. The first-order valence-corrected chi connectivity index (χ1v) is 5.21. The van der Waals surface area contributed by atoms with Gasteiger partial charge in [0.15, 0.2) is 11.6 Å². The second kappa shape index (κ2) is 6.47. The lowest BCUT2D eigenvalue weighted by molar-refractivity contribution is -0.137. The van der Waals surface area contributed by atoms with Crippen LogP contribution < -0.4 is 5.32 Å². The number of carboxylic acids is 1. The number of hydrogen-bond donors (Lipinski definition) is 2. The average Bonchev–Trinajstić information content (AvgIpc) is 2.34. The molecule has 0 aliphatic carbocycles. The van der Waals surface area contributed by atoms with Gasteiger partial charge in [0.05, 0.1) is 12.2 Å². The summed E-state index contributed by atoms with van der Waals surface area (Å²) in [6.07, 6.45) is 4.96. The van der Waals surface area contributed by atoms with E-state index < -0.39 is 41.7 Å². The SMILES string of the molecule is C#CCN(CC(=O)O)C(=O)Nc1cc(F)cc(F)c1F. The van der Waals surface area contributed by atoms with Gasteiger partial charge in [-0.3, -0.25) is 4.79 Å². The number of nitrogens with zero attached hydrogens (tertiary/aromatic N) is 1. The highest BCUT2D eigenvalue weighted by atomic mass is 19.2. The largest absolute Gasteiger partial charge is 0.480 e. The predicted octanol–water partition coefficient (Wildman–Crippen LogP) is 1.66. The lowest BCUT2D eigenvalue weighted by Crippen LogP contribution is -2.39. The summed E-state index contributed by atoms with van der Waals surface area (Å²) in [4.78, 5) is 22.8. The molecule has 0 fully saturated rings. The number of amides is 2. The molecular formula is C12H9F3N2O3. The van der Waals surface area contributed by atoms with Crippen molar-refractivity contribution in [1.29, 1.82) is 0 Å². The van der Waals surface area contributed by atoms with Gasteiger partial charge in [-0.05, 0) is 0 Å². The van der Waals surface area contributed by atoms with E-state index in [0.717, 1.165) is 0 Å². The Kier molecular flexibility index (Phi) is 4.97. The summed E-state index contributed by atoms with van der Waals surface area (Å²) in [5, 5.41) is 10.4. The fraction of sp³-hybridized carbons (Fsp3) is 0.167. The zero-order valence-electron chi connectivity index (χ0n) is 9.99. The van der Waals surface area contributed by atoms with Gasteiger partial charge in [0, 0.05) is 12.1 Å². The van der Waals surface area contributed by atoms with E-state index in [2.05, 4.69) is 0 Å². The quantitative estimate of drug-likeness (QED) is 0.653. The van der Waals surface area contributed by atoms with Crippen molar-refractivity contribution in [3.8, 4) is 12.3 Å². The number of anilines is 1. The molecule has 0 spiro atoms. The minimum Gasteiger partial charge on any atom is -0.480 e. The predicted molar refractivity (Wildman–Crippen MR) is 63.4 cm³/mol. The number of urea groups is 1. The van der Waals surface area contributed by atoms with Crippen LogP contribution in [0.4, 0.5) is 23.7 Å². The third-order valence-electron chi connectivity index (χ3n) is 2.13. The lowest BCUT2D eigenvalue weighted by atomic mass is 10.3. The Morgan fingerprint density at radius 1 is 1.35 bits per heavy atom. The van der Waals surface area contributed by atoms with Crippen LogP contribution in [0.25, 0.3) is 0 Å². The molecule has 0 radical (unpaired) electrons. The molecule has 0 aliphatic rings. The smallest absolute Gasteiger partial charge is 0.323 e. The molecule has 0 bridgehead atoms. The summed E-state index contributed by atoms with van der Waals surface area (Å²) < 4.78 is 39.2. The molecule has 0 atom stereocenters. The minimum atomic E-state index is -1.48. The van der Waals surface area contributed by atoms with E-state index in [4.69, 9.17) is 11.5 Å². The van der Waals surface area contributed by atoms with Crippen LogP contribution in [0.15, 0.2) is 12.1 Å². The Hall–Kier alpha value is -2.69. The molecular weight excluding hydrogens is 277 g/mol. The molecule has 1 aromatic carbocycles. The van der Waals surface area contributed by atoms with Crippen LogP contribution in [0.1, 0.15) is 0 Å². The second-order valence-corrected chi connectivity index (χ2v) is 3.63. The van der Waals surface area contributed by atoms with Crippen LogP contribution in [0, 0.1) is 29.8 Å². The fourth-order valence-electron chi connectivity index (χ4n) is 1.31. The Morgan fingerprint density at radius 3 is 2.55 bits per heavy atom. The highest BCUT2D eigenvalue weighted by molar-refractivity contribution is 5.91.